The van der Waals surface area contributed by atoms with Crippen LogP contribution in [0.15, 0.2) is 79.5 Å². The number of aromatic amines is 1. The molecule has 288 valence electrons. The zero-order valence-corrected chi connectivity index (χ0v) is 31.7. The van der Waals surface area contributed by atoms with Crippen molar-refractivity contribution in [3.8, 4) is 56.7 Å². The maximum atomic E-state index is 6.62. The van der Waals surface area contributed by atoms with Gasteiger partial charge < -0.3 is 30.3 Å². The Morgan fingerprint density at radius 1 is 0.786 bits per heavy atom. The smallest absolute Gasteiger partial charge is 0.223 e. The summed E-state index contributed by atoms with van der Waals surface area (Å²) in [5.41, 5.74) is 6.67. The Morgan fingerprint density at radius 2 is 1.54 bits per heavy atom. The molecule has 0 aromatic carbocycles. The van der Waals surface area contributed by atoms with Gasteiger partial charge in [-0.3, -0.25) is 5.10 Å². The zero-order chi connectivity index (χ0) is 37.8. The van der Waals surface area contributed by atoms with Crippen molar-refractivity contribution in [2.75, 3.05) is 43.6 Å². The van der Waals surface area contributed by atoms with Crippen LogP contribution in [0.5, 0.6) is 11.8 Å². The highest BCUT2D eigenvalue weighted by Crippen LogP contribution is 2.35. The van der Waals surface area contributed by atoms with Gasteiger partial charge in [-0.25, -0.2) is 19.9 Å². The van der Waals surface area contributed by atoms with Crippen molar-refractivity contribution in [2.45, 2.75) is 62.7 Å². The highest BCUT2D eigenvalue weighted by molar-refractivity contribution is 5.72. The molecule has 3 saturated heterocycles. The third-order valence-corrected chi connectivity index (χ3v) is 11.1. The first-order chi connectivity index (χ1) is 27.6. The molecular weight excluding hydrogens is 707 g/mol. The van der Waals surface area contributed by atoms with Crippen LogP contribution in [0.2, 0.25) is 0 Å². The van der Waals surface area contributed by atoms with E-state index in [2.05, 4.69) is 65.5 Å². The number of hydrogen-bond acceptors (Lipinski definition) is 13. The molecule has 9 rings (SSSR count). The van der Waals surface area contributed by atoms with Crippen molar-refractivity contribution in [3.63, 3.8) is 0 Å². The van der Waals surface area contributed by atoms with E-state index in [1.807, 2.05) is 42.9 Å². The Kier molecular flexibility index (Phi) is 10.2. The second kappa shape index (κ2) is 16.0. The SMILES string of the molecule is COc1nc(-c2ccc(N(CCOc3nc(-c4ccc(NC5CCNCC5)nc4)ccc3-c3cn[nH]c3)C3CC4CCC(C3)N4)nc2)ccc1-c1cnn(C)n1. The number of pyridine rings is 4. The minimum absolute atomic E-state index is 0.330. The van der Waals surface area contributed by atoms with Gasteiger partial charge in [0.1, 0.15) is 23.9 Å². The molecule has 6 aromatic heterocycles. The van der Waals surface area contributed by atoms with Gasteiger partial charge in [-0.15, -0.1) is 0 Å². The van der Waals surface area contributed by atoms with Crippen molar-refractivity contribution in [1.29, 1.82) is 0 Å². The number of H-pyrrole nitrogens is 1. The normalized spacial score (nSPS) is 19.5. The minimum atomic E-state index is 0.330. The number of nitrogens with one attached hydrogen (secondary N) is 4. The van der Waals surface area contributed by atoms with E-state index in [0.717, 1.165) is 89.6 Å². The molecule has 15 nitrogen and oxygen atoms in total. The third kappa shape index (κ3) is 7.77. The van der Waals surface area contributed by atoms with Crippen molar-refractivity contribution in [3.05, 3.63) is 79.5 Å². The summed E-state index contributed by atoms with van der Waals surface area (Å²) in [7, 11) is 3.40. The third-order valence-electron chi connectivity index (χ3n) is 11.1. The molecule has 15 heteroatoms. The van der Waals surface area contributed by atoms with Gasteiger partial charge in [-0.1, -0.05) is 0 Å². The number of fused-ring (bicyclic) bond motifs is 2. The maximum Gasteiger partial charge on any atom is 0.223 e. The van der Waals surface area contributed by atoms with Gasteiger partial charge in [-0.2, -0.15) is 20.1 Å². The van der Waals surface area contributed by atoms with E-state index < -0.39 is 0 Å². The fourth-order valence-corrected chi connectivity index (χ4v) is 8.27. The number of methoxy groups -OCH3 is 1. The summed E-state index contributed by atoms with van der Waals surface area (Å²) in [6, 6.07) is 18.1. The fraction of sp³-hybridized carbons (Fsp3) is 0.390. The molecule has 0 spiro atoms. The Labute approximate surface area is 325 Å². The van der Waals surface area contributed by atoms with Crippen molar-refractivity contribution >= 4 is 11.6 Å². The molecule has 0 radical (unpaired) electrons. The molecule has 0 saturated carbocycles. The van der Waals surface area contributed by atoms with Crippen LogP contribution >= 0.6 is 0 Å². The topological polar surface area (TPSA) is 169 Å². The van der Waals surface area contributed by atoms with Gasteiger partial charge in [0, 0.05) is 72.1 Å². The number of hydrogen-bond donors (Lipinski definition) is 4. The standard InChI is InChI=1S/C41H47N13O2/c1-53-47-25-37(52-53)34-8-10-35(50-40(34)55-2)27-4-12-39(44-22-27)54(32-19-30-5-6-31(20-32)48-30)17-18-56-41-33(28-23-45-46-24-28)7-9-36(51-41)26-3-11-38(43-21-26)49-29-13-15-42-16-14-29/h3-4,7-12,21-25,29-32,42,48H,5-6,13-20H2,1-2H3,(H,43,49)(H,45,46). The second-order valence-electron chi connectivity index (χ2n) is 14.8. The molecule has 4 N–H and O–H groups in total. The van der Waals surface area contributed by atoms with E-state index in [0.29, 0.717) is 54.8 Å². The molecule has 2 bridgehead atoms. The second-order valence-corrected chi connectivity index (χ2v) is 14.8. The van der Waals surface area contributed by atoms with Gasteiger partial charge in [0.2, 0.25) is 11.8 Å². The number of piperidine rings is 2. The lowest BCUT2D eigenvalue weighted by Crippen LogP contribution is -2.49. The lowest BCUT2D eigenvalue weighted by atomic mass is 9.98. The fourth-order valence-electron chi connectivity index (χ4n) is 8.27. The molecular formula is C41H47N13O2. The average Bonchev–Trinajstić information content (AvgIpc) is 4.02. The van der Waals surface area contributed by atoms with Crippen molar-refractivity contribution in [2.24, 2.45) is 7.05 Å². The largest absolute Gasteiger partial charge is 0.480 e. The summed E-state index contributed by atoms with van der Waals surface area (Å²) in [4.78, 5) is 23.5. The Bertz CT molecular complexity index is 2210. The lowest BCUT2D eigenvalue weighted by Gasteiger charge is -2.38. The summed E-state index contributed by atoms with van der Waals surface area (Å²) in [6.07, 6.45) is 15.9. The zero-order valence-electron chi connectivity index (χ0n) is 31.7. The first kappa shape index (κ1) is 35.8. The first-order valence-corrected chi connectivity index (χ1v) is 19.5. The highest BCUT2D eigenvalue weighted by Gasteiger charge is 2.36. The molecule has 0 aliphatic carbocycles. The maximum absolute atomic E-state index is 6.62. The molecule has 3 aliphatic heterocycles. The average molecular weight is 754 g/mol. The van der Waals surface area contributed by atoms with E-state index in [4.69, 9.17) is 29.4 Å². The van der Waals surface area contributed by atoms with Gasteiger partial charge in [0.25, 0.3) is 0 Å². The summed E-state index contributed by atoms with van der Waals surface area (Å²) in [5, 5.41) is 26.5. The minimum Gasteiger partial charge on any atom is -0.480 e. The van der Waals surface area contributed by atoms with E-state index in [9.17, 15) is 0 Å². The molecule has 6 aromatic rings. The van der Waals surface area contributed by atoms with E-state index in [1.54, 1.807) is 26.6 Å². The van der Waals surface area contributed by atoms with Crippen LogP contribution in [0, 0.1) is 0 Å². The van der Waals surface area contributed by atoms with E-state index in [1.165, 1.54) is 17.6 Å². The Morgan fingerprint density at radius 3 is 2.20 bits per heavy atom. The molecule has 56 heavy (non-hydrogen) atoms. The number of nitrogens with zero attached hydrogens (tertiary/aromatic N) is 9. The molecule has 2 atom stereocenters. The number of rotatable bonds is 13. The Balaban J connectivity index is 0.945. The van der Waals surface area contributed by atoms with Crippen LogP contribution in [0.3, 0.4) is 0 Å². The quantitative estimate of drug-likeness (QED) is 0.123. The highest BCUT2D eigenvalue weighted by atomic mass is 16.5. The molecule has 0 amide bonds. The van der Waals surface area contributed by atoms with Crippen LogP contribution in [-0.4, -0.2) is 103 Å². The number of anilines is 2. The monoisotopic (exact) mass is 753 g/mol. The van der Waals surface area contributed by atoms with Crippen molar-refractivity contribution in [1.82, 2.24) is 55.8 Å². The first-order valence-electron chi connectivity index (χ1n) is 19.5. The molecule has 2 unspecified atom stereocenters. The van der Waals surface area contributed by atoms with Gasteiger partial charge >= 0.3 is 0 Å². The van der Waals surface area contributed by atoms with Crippen molar-refractivity contribution < 1.29 is 9.47 Å². The van der Waals surface area contributed by atoms with Gasteiger partial charge in [-0.05, 0) is 100 Å². The van der Waals surface area contributed by atoms with Crippen LogP contribution in [-0.2, 0) is 7.05 Å². The van der Waals surface area contributed by atoms with E-state index >= 15 is 0 Å². The summed E-state index contributed by atoms with van der Waals surface area (Å²) in [5.74, 6) is 2.83. The molecule has 3 aliphatic rings. The van der Waals surface area contributed by atoms with Crippen LogP contribution < -0.4 is 30.3 Å². The molecule has 9 heterocycles. The summed E-state index contributed by atoms with van der Waals surface area (Å²) >= 11 is 0. The number of aromatic nitrogens is 9. The predicted octanol–water partition coefficient (Wildman–Crippen LogP) is 5.13. The van der Waals surface area contributed by atoms with Crippen LogP contribution in [0.25, 0.3) is 44.9 Å². The lowest BCUT2D eigenvalue weighted by molar-refractivity contribution is 0.291. The summed E-state index contributed by atoms with van der Waals surface area (Å²) < 4.78 is 12.3. The van der Waals surface area contributed by atoms with Crippen LogP contribution in [0.1, 0.15) is 38.5 Å². The number of aryl methyl sites for hydroxylation is 1. The predicted molar refractivity (Wildman–Crippen MR) is 214 cm³/mol. The summed E-state index contributed by atoms with van der Waals surface area (Å²) in [6.45, 7) is 3.12. The van der Waals surface area contributed by atoms with Gasteiger partial charge in [0.05, 0.1) is 43.0 Å². The Hall–Kier alpha value is -5.93. The molecule has 3 fully saturated rings. The number of ether oxygens (including phenoxy) is 2. The van der Waals surface area contributed by atoms with Gasteiger partial charge in [0.15, 0.2) is 0 Å². The van der Waals surface area contributed by atoms with Crippen LogP contribution in [0.4, 0.5) is 11.6 Å². The van der Waals surface area contributed by atoms with E-state index in [-0.39, 0.29) is 0 Å².